The van der Waals surface area contributed by atoms with Crippen LogP contribution in [0.15, 0.2) is 53.5 Å². The molecule has 6 heteroatoms. The number of ether oxygens (including phenoxy) is 1. The summed E-state index contributed by atoms with van der Waals surface area (Å²) in [5.41, 5.74) is 3.80. The van der Waals surface area contributed by atoms with Crippen LogP contribution in [0.5, 0.6) is 5.75 Å². The van der Waals surface area contributed by atoms with Crippen LogP contribution < -0.4 is 25.2 Å². The summed E-state index contributed by atoms with van der Waals surface area (Å²) in [6.45, 7) is 7.25. The minimum absolute atomic E-state index is 0.418. The van der Waals surface area contributed by atoms with Gasteiger partial charge in [0, 0.05) is 51.5 Å². The molecule has 2 aromatic rings. The topological polar surface area (TPSA) is 52.1 Å². The highest BCUT2D eigenvalue weighted by molar-refractivity contribution is 5.80. The Balaban J connectivity index is 1.24. The van der Waals surface area contributed by atoms with Gasteiger partial charge in [-0.2, -0.15) is 0 Å². The second-order valence-corrected chi connectivity index (χ2v) is 8.64. The molecule has 0 saturated carbocycles. The van der Waals surface area contributed by atoms with Crippen LogP contribution in [-0.4, -0.2) is 58.9 Å². The van der Waals surface area contributed by atoms with Gasteiger partial charge in [0.25, 0.3) is 0 Å². The number of hydrogen-bond acceptors (Lipinski definition) is 4. The van der Waals surface area contributed by atoms with Gasteiger partial charge in [0.2, 0.25) is 0 Å². The lowest BCUT2D eigenvalue weighted by Gasteiger charge is -2.22. The summed E-state index contributed by atoms with van der Waals surface area (Å²) in [6, 6.07) is 17.5. The molecule has 2 N–H and O–H groups in total. The monoisotopic (exact) mass is 421 g/mol. The predicted octanol–water partition coefficient (Wildman–Crippen LogP) is 3.27. The van der Waals surface area contributed by atoms with Gasteiger partial charge in [0.1, 0.15) is 5.75 Å². The first kappa shape index (κ1) is 21.3. The van der Waals surface area contributed by atoms with E-state index in [9.17, 15) is 0 Å². The molecule has 0 bridgehead atoms. The zero-order valence-corrected chi connectivity index (χ0v) is 19.0. The fourth-order valence-corrected chi connectivity index (χ4v) is 4.61. The van der Waals surface area contributed by atoms with Crippen molar-refractivity contribution in [2.75, 3.05) is 56.7 Å². The quantitative estimate of drug-likeness (QED) is 0.554. The van der Waals surface area contributed by atoms with Gasteiger partial charge in [-0.1, -0.05) is 29.8 Å². The summed E-state index contributed by atoms with van der Waals surface area (Å²) < 4.78 is 5.54. The first-order valence-corrected chi connectivity index (χ1v) is 11.3. The molecule has 2 saturated heterocycles. The molecule has 2 aliphatic heterocycles. The van der Waals surface area contributed by atoms with Gasteiger partial charge >= 0.3 is 0 Å². The number of benzene rings is 2. The maximum Gasteiger partial charge on any atom is 0.191 e. The minimum atomic E-state index is 0.418. The summed E-state index contributed by atoms with van der Waals surface area (Å²) in [7, 11) is 3.60. The molecule has 2 unspecified atom stereocenters. The number of nitrogens with one attached hydrogen (secondary N) is 2. The Morgan fingerprint density at radius 1 is 1.03 bits per heavy atom. The molecule has 0 amide bonds. The van der Waals surface area contributed by atoms with Gasteiger partial charge < -0.3 is 25.2 Å². The normalized spacial score (nSPS) is 21.5. The number of methoxy groups -OCH3 is 1. The molecule has 31 heavy (non-hydrogen) atoms. The molecule has 2 fully saturated rings. The van der Waals surface area contributed by atoms with E-state index in [1.807, 2.05) is 19.2 Å². The molecule has 0 aromatic heterocycles. The molecular formula is C25H35N5O. The van der Waals surface area contributed by atoms with Crippen molar-refractivity contribution in [2.24, 2.45) is 10.9 Å². The lowest BCUT2D eigenvalue weighted by molar-refractivity contribution is 0.414. The first-order valence-electron chi connectivity index (χ1n) is 11.3. The average molecular weight is 422 g/mol. The van der Waals surface area contributed by atoms with E-state index in [1.165, 1.54) is 23.4 Å². The van der Waals surface area contributed by atoms with Crippen LogP contribution in [0.3, 0.4) is 0 Å². The second-order valence-electron chi connectivity index (χ2n) is 8.64. The van der Waals surface area contributed by atoms with Crippen LogP contribution in [0.1, 0.15) is 18.4 Å². The zero-order chi connectivity index (χ0) is 21.6. The Hall–Kier alpha value is -2.89. The van der Waals surface area contributed by atoms with E-state index in [0.717, 1.165) is 50.9 Å². The van der Waals surface area contributed by atoms with E-state index in [4.69, 9.17) is 4.74 Å². The number of para-hydroxylation sites is 2. The molecule has 2 atom stereocenters. The molecule has 0 spiro atoms. The second kappa shape index (κ2) is 9.94. The number of aliphatic imine (C=N–C) groups is 1. The van der Waals surface area contributed by atoms with Crippen molar-refractivity contribution >= 4 is 17.3 Å². The molecule has 166 valence electrons. The predicted molar refractivity (Wildman–Crippen MR) is 130 cm³/mol. The number of nitrogens with zero attached hydrogens (tertiary/aromatic N) is 3. The summed E-state index contributed by atoms with van der Waals surface area (Å²) >= 11 is 0. The highest BCUT2D eigenvalue weighted by Crippen LogP contribution is 2.31. The number of aryl methyl sites for hydroxylation is 1. The van der Waals surface area contributed by atoms with Crippen LogP contribution >= 0.6 is 0 Å². The van der Waals surface area contributed by atoms with Crippen molar-refractivity contribution < 1.29 is 4.74 Å². The van der Waals surface area contributed by atoms with Gasteiger partial charge in [0.15, 0.2) is 5.96 Å². The van der Waals surface area contributed by atoms with E-state index in [2.05, 4.69) is 68.7 Å². The maximum absolute atomic E-state index is 5.54. The first-order chi connectivity index (χ1) is 15.2. The molecule has 6 nitrogen and oxygen atoms in total. The van der Waals surface area contributed by atoms with Crippen LogP contribution in [0.25, 0.3) is 0 Å². The number of guanidine groups is 1. The Morgan fingerprint density at radius 3 is 2.58 bits per heavy atom. The van der Waals surface area contributed by atoms with E-state index in [-0.39, 0.29) is 0 Å². The standard InChI is InChI=1S/C25H35N5O/c1-19-8-10-22(11-9-19)29-15-13-21(18-29)28-25(26-2)27-16-20-12-14-30(17-20)23-6-4-5-7-24(23)31-3/h4-11,20-21H,12-18H2,1-3H3,(H2,26,27,28). The number of rotatable bonds is 6. The number of hydrogen-bond donors (Lipinski definition) is 2. The van der Waals surface area contributed by atoms with Crippen LogP contribution in [0.2, 0.25) is 0 Å². The fourth-order valence-electron chi connectivity index (χ4n) is 4.61. The minimum Gasteiger partial charge on any atom is -0.495 e. The largest absolute Gasteiger partial charge is 0.495 e. The summed E-state index contributed by atoms with van der Waals surface area (Å²) in [4.78, 5) is 9.35. The van der Waals surface area contributed by atoms with Gasteiger partial charge in [-0.05, 0) is 49.9 Å². The molecule has 4 rings (SSSR count). The summed E-state index contributed by atoms with van der Waals surface area (Å²) in [5.74, 6) is 2.45. The average Bonchev–Trinajstić information content (AvgIpc) is 3.47. The van der Waals surface area contributed by atoms with E-state index in [0.29, 0.717) is 12.0 Å². The molecule has 2 aromatic carbocycles. The van der Waals surface area contributed by atoms with Crippen molar-refractivity contribution in [3.63, 3.8) is 0 Å². The molecule has 0 aliphatic carbocycles. The lowest BCUT2D eigenvalue weighted by Crippen LogP contribution is -2.46. The zero-order valence-electron chi connectivity index (χ0n) is 19.0. The van der Waals surface area contributed by atoms with Crippen molar-refractivity contribution in [1.82, 2.24) is 10.6 Å². The third-order valence-electron chi connectivity index (χ3n) is 6.42. The van der Waals surface area contributed by atoms with E-state index in [1.54, 1.807) is 7.11 Å². The van der Waals surface area contributed by atoms with Crippen LogP contribution in [0.4, 0.5) is 11.4 Å². The van der Waals surface area contributed by atoms with Crippen LogP contribution in [-0.2, 0) is 0 Å². The third-order valence-corrected chi connectivity index (χ3v) is 6.42. The van der Waals surface area contributed by atoms with Crippen molar-refractivity contribution in [3.8, 4) is 5.75 Å². The summed E-state index contributed by atoms with van der Waals surface area (Å²) in [6.07, 6.45) is 2.30. The Labute approximate surface area is 186 Å². The SMILES string of the molecule is CN=C(NCC1CCN(c2ccccc2OC)C1)NC1CCN(c2ccc(C)cc2)C1. The molecule has 0 radical (unpaired) electrons. The number of anilines is 2. The Morgan fingerprint density at radius 2 is 1.81 bits per heavy atom. The highest BCUT2D eigenvalue weighted by atomic mass is 16.5. The molecule has 2 aliphatic rings. The van der Waals surface area contributed by atoms with Crippen molar-refractivity contribution in [1.29, 1.82) is 0 Å². The van der Waals surface area contributed by atoms with E-state index >= 15 is 0 Å². The molecule has 2 heterocycles. The van der Waals surface area contributed by atoms with Gasteiger partial charge in [-0.15, -0.1) is 0 Å². The fraction of sp³-hybridized carbons (Fsp3) is 0.480. The smallest absolute Gasteiger partial charge is 0.191 e. The van der Waals surface area contributed by atoms with Gasteiger partial charge in [-0.3, -0.25) is 4.99 Å². The lowest BCUT2D eigenvalue weighted by atomic mass is 10.1. The van der Waals surface area contributed by atoms with Crippen molar-refractivity contribution in [2.45, 2.75) is 25.8 Å². The Bertz CT molecular complexity index is 882. The summed E-state index contributed by atoms with van der Waals surface area (Å²) in [5, 5.41) is 7.19. The Kier molecular flexibility index (Phi) is 6.85. The third kappa shape index (κ3) is 5.24. The van der Waals surface area contributed by atoms with Gasteiger partial charge in [-0.25, -0.2) is 0 Å². The highest BCUT2D eigenvalue weighted by Gasteiger charge is 2.26. The van der Waals surface area contributed by atoms with E-state index < -0.39 is 0 Å². The van der Waals surface area contributed by atoms with Crippen molar-refractivity contribution in [3.05, 3.63) is 54.1 Å². The van der Waals surface area contributed by atoms with Gasteiger partial charge in [0.05, 0.1) is 12.8 Å². The van der Waals surface area contributed by atoms with Crippen LogP contribution in [0, 0.1) is 12.8 Å². The maximum atomic E-state index is 5.54. The molecular weight excluding hydrogens is 386 g/mol.